The number of carbonyl (C=O) groups excluding carboxylic acids is 2. The lowest BCUT2D eigenvalue weighted by molar-refractivity contribution is -0.129. The van der Waals surface area contributed by atoms with E-state index in [2.05, 4.69) is 30.2 Å². The lowest BCUT2D eigenvalue weighted by Gasteiger charge is -2.33. The van der Waals surface area contributed by atoms with Crippen molar-refractivity contribution in [1.29, 1.82) is 0 Å². The minimum Gasteiger partial charge on any atom is -0.371 e. The van der Waals surface area contributed by atoms with Gasteiger partial charge >= 0.3 is 0 Å². The summed E-state index contributed by atoms with van der Waals surface area (Å²) in [6, 6.07) is 16.8. The van der Waals surface area contributed by atoms with Crippen LogP contribution in [0.2, 0.25) is 0 Å². The van der Waals surface area contributed by atoms with E-state index in [1.54, 1.807) is 42.0 Å². The Bertz CT molecular complexity index is 1440. The Hall–Kier alpha value is -4.23. The number of hydrogen-bond acceptors (Lipinski definition) is 9. The molecule has 1 aromatic heterocycles. The first kappa shape index (κ1) is 30.7. The van der Waals surface area contributed by atoms with Crippen LogP contribution in [0.5, 0.6) is 0 Å². The van der Waals surface area contributed by atoms with Gasteiger partial charge in [-0.3, -0.25) is 19.5 Å². The fraction of sp³-hybridized carbons (Fsp3) is 0.379. The third kappa shape index (κ3) is 9.42. The zero-order chi connectivity index (χ0) is 30.0. The van der Waals surface area contributed by atoms with Crippen LogP contribution in [0.15, 0.2) is 60.8 Å². The standard InChI is InChI=1S/C29H37N7O5S/c1-42(40,41)35-24-8-6-21(7-9-24)26-14-18-31-29(33-26)32-23-10-12-25(13-11-23)36-19-15-22(16-20-36)28(38)30-17-4-2-3-5-27(37)34-39/h6-14,18,22,35,39H,2-5,15-17,19-20H2,1H3,(H,30,38)(H,34,37)(H,31,32,33). The number of aromatic nitrogens is 2. The second kappa shape index (κ2) is 14.6. The van der Waals surface area contributed by atoms with Gasteiger partial charge in [-0.05, 0) is 68.1 Å². The normalized spacial score (nSPS) is 13.8. The van der Waals surface area contributed by atoms with Crippen molar-refractivity contribution in [3.05, 3.63) is 60.8 Å². The lowest BCUT2D eigenvalue weighted by Crippen LogP contribution is -2.40. The fourth-order valence-electron chi connectivity index (χ4n) is 4.79. The molecule has 2 aromatic carbocycles. The van der Waals surface area contributed by atoms with Crippen LogP contribution in [-0.2, 0) is 19.6 Å². The van der Waals surface area contributed by atoms with Gasteiger partial charge in [0.2, 0.25) is 27.8 Å². The molecule has 0 unspecified atom stereocenters. The summed E-state index contributed by atoms with van der Waals surface area (Å²) in [7, 11) is -3.34. The van der Waals surface area contributed by atoms with Crippen LogP contribution < -0.4 is 25.7 Å². The summed E-state index contributed by atoms with van der Waals surface area (Å²) in [6.45, 7) is 2.19. The quantitative estimate of drug-likeness (QED) is 0.113. The molecule has 2 heterocycles. The van der Waals surface area contributed by atoms with E-state index in [0.717, 1.165) is 62.0 Å². The maximum absolute atomic E-state index is 12.6. The van der Waals surface area contributed by atoms with Crippen molar-refractivity contribution in [2.24, 2.45) is 5.92 Å². The van der Waals surface area contributed by atoms with E-state index in [9.17, 15) is 18.0 Å². The Morgan fingerprint density at radius 1 is 0.952 bits per heavy atom. The first-order valence-electron chi connectivity index (χ1n) is 13.9. The number of rotatable bonds is 13. The molecular formula is C29H37N7O5S. The number of benzene rings is 2. The Morgan fingerprint density at radius 2 is 1.64 bits per heavy atom. The smallest absolute Gasteiger partial charge is 0.243 e. The molecule has 13 heteroatoms. The van der Waals surface area contributed by atoms with E-state index in [1.165, 1.54) is 0 Å². The monoisotopic (exact) mass is 595 g/mol. The molecule has 1 aliphatic heterocycles. The van der Waals surface area contributed by atoms with Gasteiger partial charge in [-0.15, -0.1) is 0 Å². The first-order chi connectivity index (χ1) is 20.2. The molecule has 4 rings (SSSR count). The third-order valence-corrected chi connectivity index (χ3v) is 7.60. The summed E-state index contributed by atoms with van der Waals surface area (Å²) >= 11 is 0. The maximum atomic E-state index is 12.6. The molecule has 1 aliphatic rings. The molecule has 224 valence electrons. The van der Waals surface area contributed by atoms with Crippen molar-refractivity contribution < 1.29 is 23.2 Å². The number of carbonyl (C=O) groups is 2. The van der Waals surface area contributed by atoms with Crippen LogP contribution >= 0.6 is 0 Å². The SMILES string of the molecule is CS(=O)(=O)Nc1ccc(-c2ccnc(Nc3ccc(N4CCC(C(=O)NCCCCCC(=O)NO)CC4)cc3)n2)cc1. The molecule has 0 spiro atoms. The summed E-state index contributed by atoms with van der Waals surface area (Å²) in [5.41, 5.74) is 5.57. The number of hydrogen-bond donors (Lipinski definition) is 5. The molecule has 1 fully saturated rings. The molecule has 0 radical (unpaired) electrons. The van der Waals surface area contributed by atoms with Crippen LogP contribution in [0, 0.1) is 5.92 Å². The molecule has 0 saturated carbocycles. The number of anilines is 4. The van der Waals surface area contributed by atoms with Crippen LogP contribution in [0.3, 0.4) is 0 Å². The molecule has 0 aliphatic carbocycles. The maximum Gasteiger partial charge on any atom is 0.243 e. The molecule has 2 amide bonds. The first-order valence-corrected chi connectivity index (χ1v) is 15.8. The summed E-state index contributed by atoms with van der Waals surface area (Å²) in [4.78, 5) is 34.8. The van der Waals surface area contributed by atoms with Crippen LogP contribution in [0.1, 0.15) is 38.5 Å². The minimum atomic E-state index is -3.34. The van der Waals surface area contributed by atoms with Gasteiger partial charge in [-0.1, -0.05) is 18.6 Å². The Balaban J connectivity index is 1.23. The van der Waals surface area contributed by atoms with Crippen molar-refractivity contribution in [2.75, 3.05) is 40.8 Å². The van der Waals surface area contributed by atoms with E-state index < -0.39 is 10.0 Å². The summed E-state index contributed by atoms with van der Waals surface area (Å²) in [5.74, 6) is 0.148. The average Bonchev–Trinajstić information content (AvgIpc) is 2.99. The third-order valence-electron chi connectivity index (χ3n) is 7.00. The largest absolute Gasteiger partial charge is 0.371 e. The highest BCUT2D eigenvalue weighted by Gasteiger charge is 2.24. The topological polar surface area (TPSA) is 166 Å². The van der Waals surface area contributed by atoms with E-state index in [1.807, 2.05) is 24.3 Å². The predicted molar refractivity (Wildman–Crippen MR) is 162 cm³/mol. The second-order valence-corrected chi connectivity index (χ2v) is 12.0. The highest BCUT2D eigenvalue weighted by molar-refractivity contribution is 7.92. The Kier molecular flexibility index (Phi) is 10.7. The number of amides is 2. The van der Waals surface area contributed by atoms with Gasteiger partial charge in [0.25, 0.3) is 0 Å². The highest BCUT2D eigenvalue weighted by Crippen LogP contribution is 2.26. The van der Waals surface area contributed by atoms with Crippen molar-refractivity contribution in [2.45, 2.75) is 38.5 Å². The molecular weight excluding hydrogens is 558 g/mol. The van der Waals surface area contributed by atoms with Gasteiger partial charge in [0.15, 0.2) is 0 Å². The molecule has 12 nitrogen and oxygen atoms in total. The zero-order valence-corrected chi connectivity index (χ0v) is 24.4. The lowest BCUT2D eigenvalue weighted by atomic mass is 9.95. The molecule has 3 aromatic rings. The number of piperidine rings is 1. The summed E-state index contributed by atoms with van der Waals surface area (Å²) in [6.07, 6.45) is 6.93. The van der Waals surface area contributed by atoms with Gasteiger partial charge in [0, 0.05) is 60.8 Å². The second-order valence-electron chi connectivity index (χ2n) is 10.3. The van der Waals surface area contributed by atoms with E-state index in [0.29, 0.717) is 30.3 Å². The van der Waals surface area contributed by atoms with Gasteiger partial charge in [-0.2, -0.15) is 0 Å². The van der Waals surface area contributed by atoms with Gasteiger partial charge in [0.05, 0.1) is 11.9 Å². The predicted octanol–water partition coefficient (Wildman–Crippen LogP) is 3.66. The fourth-order valence-corrected chi connectivity index (χ4v) is 5.35. The molecule has 5 N–H and O–H groups in total. The number of hydroxylamine groups is 1. The number of unbranched alkanes of at least 4 members (excludes halogenated alkanes) is 2. The van der Waals surface area contributed by atoms with Gasteiger partial charge < -0.3 is 15.5 Å². The van der Waals surface area contributed by atoms with E-state index >= 15 is 0 Å². The summed E-state index contributed by atoms with van der Waals surface area (Å²) < 4.78 is 25.3. The van der Waals surface area contributed by atoms with Crippen molar-refractivity contribution in [1.82, 2.24) is 20.8 Å². The minimum absolute atomic E-state index is 0.000989. The molecule has 0 atom stereocenters. The van der Waals surface area contributed by atoms with Crippen molar-refractivity contribution in [3.63, 3.8) is 0 Å². The van der Waals surface area contributed by atoms with Crippen LogP contribution in [0.4, 0.5) is 23.0 Å². The van der Waals surface area contributed by atoms with E-state index in [-0.39, 0.29) is 24.2 Å². The summed E-state index contributed by atoms with van der Waals surface area (Å²) in [5, 5.41) is 14.7. The number of nitrogens with one attached hydrogen (secondary N) is 4. The van der Waals surface area contributed by atoms with E-state index in [4.69, 9.17) is 5.21 Å². The van der Waals surface area contributed by atoms with Gasteiger partial charge in [0.1, 0.15) is 0 Å². The Labute approximate surface area is 246 Å². The number of sulfonamides is 1. The zero-order valence-electron chi connectivity index (χ0n) is 23.5. The van der Waals surface area contributed by atoms with Gasteiger partial charge in [-0.25, -0.2) is 23.9 Å². The highest BCUT2D eigenvalue weighted by atomic mass is 32.2. The molecule has 0 bridgehead atoms. The van der Waals surface area contributed by atoms with Crippen molar-refractivity contribution >= 4 is 44.8 Å². The average molecular weight is 596 g/mol. The van der Waals surface area contributed by atoms with Crippen LogP contribution in [0.25, 0.3) is 11.3 Å². The molecule has 42 heavy (non-hydrogen) atoms. The number of nitrogens with zero attached hydrogens (tertiary/aromatic N) is 3. The Morgan fingerprint density at radius 3 is 2.31 bits per heavy atom. The van der Waals surface area contributed by atoms with Crippen LogP contribution in [-0.4, -0.2) is 61.3 Å². The molecule has 1 saturated heterocycles. The van der Waals surface area contributed by atoms with Crippen molar-refractivity contribution in [3.8, 4) is 11.3 Å².